The summed E-state index contributed by atoms with van der Waals surface area (Å²) in [4.78, 5) is 12.0. The quantitative estimate of drug-likeness (QED) is 0.833. The number of anilines is 1. The number of halogens is 2. The minimum atomic E-state index is -0.212. The van der Waals surface area contributed by atoms with E-state index in [0.717, 1.165) is 17.7 Å². The lowest BCUT2D eigenvalue weighted by Gasteiger charge is -2.07. The molecule has 19 heavy (non-hydrogen) atoms. The topological polar surface area (TPSA) is 29.1 Å². The van der Waals surface area contributed by atoms with Crippen LogP contribution < -0.4 is 5.32 Å². The van der Waals surface area contributed by atoms with Crippen LogP contribution in [0.2, 0.25) is 5.02 Å². The third kappa shape index (κ3) is 3.72. The van der Waals surface area contributed by atoms with Crippen LogP contribution in [-0.2, 0) is 6.42 Å². The van der Waals surface area contributed by atoms with Gasteiger partial charge in [0.15, 0.2) is 0 Å². The predicted octanol–water partition coefficient (Wildman–Crippen LogP) is 4.37. The minimum Gasteiger partial charge on any atom is -0.322 e. The van der Waals surface area contributed by atoms with Crippen LogP contribution in [0.5, 0.6) is 0 Å². The third-order valence-electron chi connectivity index (χ3n) is 2.71. The summed E-state index contributed by atoms with van der Waals surface area (Å²) in [6, 6.07) is 14.6. The van der Waals surface area contributed by atoms with Crippen molar-refractivity contribution in [2.24, 2.45) is 0 Å². The van der Waals surface area contributed by atoms with Crippen LogP contribution in [0.1, 0.15) is 15.9 Å². The molecule has 2 rings (SSSR count). The van der Waals surface area contributed by atoms with E-state index >= 15 is 0 Å². The molecule has 0 saturated heterocycles. The highest BCUT2D eigenvalue weighted by molar-refractivity contribution is 6.34. The van der Waals surface area contributed by atoms with Gasteiger partial charge in [-0.1, -0.05) is 35.9 Å². The molecule has 0 unspecified atom stereocenters. The van der Waals surface area contributed by atoms with Gasteiger partial charge in [0, 0.05) is 11.6 Å². The molecule has 0 spiro atoms. The van der Waals surface area contributed by atoms with Gasteiger partial charge in [0.05, 0.1) is 10.6 Å². The molecule has 0 bridgehead atoms. The fraction of sp³-hybridized carbons (Fsp3) is 0.133. The summed E-state index contributed by atoms with van der Waals surface area (Å²) in [6.45, 7) is 0. The number of alkyl halides is 1. The van der Waals surface area contributed by atoms with Gasteiger partial charge >= 0.3 is 0 Å². The van der Waals surface area contributed by atoms with Crippen molar-refractivity contribution in [3.05, 3.63) is 64.7 Å². The summed E-state index contributed by atoms with van der Waals surface area (Å²) < 4.78 is 0. The van der Waals surface area contributed by atoms with Gasteiger partial charge in [-0.15, -0.1) is 11.6 Å². The van der Waals surface area contributed by atoms with Crippen LogP contribution >= 0.6 is 23.2 Å². The Bertz CT molecular complexity index is 567. The number of aryl methyl sites for hydroxylation is 1. The van der Waals surface area contributed by atoms with E-state index in [2.05, 4.69) is 5.32 Å². The highest BCUT2D eigenvalue weighted by Gasteiger charge is 2.09. The Morgan fingerprint density at radius 3 is 2.37 bits per heavy atom. The molecule has 0 aliphatic heterocycles. The summed E-state index contributed by atoms with van der Waals surface area (Å²) in [6.07, 6.45) is 0.820. The number of benzene rings is 2. The highest BCUT2D eigenvalue weighted by Crippen LogP contribution is 2.17. The fourth-order valence-electron chi connectivity index (χ4n) is 1.71. The Balaban J connectivity index is 2.09. The SMILES string of the molecule is O=C(Nc1ccc(CCCl)cc1)c1ccccc1Cl. The minimum absolute atomic E-state index is 0.212. The number of nitrogens with one attached hydrogen (secondary N) is 1. The Labute approximate surface area is 122 Å². The molecule has 0 fully saturated rings. The second kappa shape index (κ2) is 6.60. The zero-order valence-electron chi connectivity index (χ0n) is 10.2. The average molecular weight is 294 g/mol. The van der Waals surface area contributed by atoms with Crippen molar-refractivity contribution < 1.29 is 4.79 Å². The van der Waals surface area contributed by atoms with Crippen molar-refractivity contribution in [1.82, 2.24) is 0 Å². The van der Waals surface area contributed by atoms with Crippen molar-refractivity contribution in [1.29, 1.82) is 0 Å². The standard InChI is InChI=1S/C15H13Cl2NO/c16-10-9-11-5-7-12(8-6-11)18-15(19)13-3-1-2-4-14(13)17/h1-8H,9-10H2,(H,18,19). The first-order valence-electron chi connectivity index (χ1n) is 5.91. The Morgan fingerprint density at radius 2 is 1.74 bits per heavy atom. The van der Waals surface area contributed by atoms with Crippen molar-refractivity contribution in [3.63, 3.8) is 0 Å². The molecule has 0 heterocycles. The first-order chi connectivity index (χ1) is 9.20. The van der Waals surface area contributed by atoms with Crippen LogP contribution in [0.4, 0.5) is 5.69 Å². The lowest BCUT2D eigenvalue weighted by Crippen LogP contribution is -2.12. The van der Waals surface area contributed by atoms with Gasteiger partial charge in [-0.25, -0.2) is 0 Å². The maximum atomic E-state index is 12.0. The Morgan fingerprint density at radius 1 is 1.05 bits per heavy atom. The number of hydrogen-bond donors (Lipinski definition) is 1. The summed E-state index contributed by atoms with van der Waals surface area (Å²) in [5, 5.41) is 3.26. The second-order valence-corrected chi connectivity index (χ2v) is 4.86. The maximum Gasteiger partial charge on any atom is 0.257 e. The summed E-state index contributed by atoms with van der Waals surface area (Å²) in [7, 11) is 0. The van der Waals surface area contributed by atoms with Gasteiger partial charge in [-0.3, -0.25) is 4.79 Å². The highest BCUT2D eigenvalue weighted by atomic mass is 35.5. The molecular weight excluding hydrogens is 281 g/mol. The van der Waals surface area contributed by atoms with E-state index in [1.165, 1.54) is 0 Å². The van der Waals surface area contributed by atoms with Crippen LogP contribution in [0.15, 0.2) is 48.5 Å². The zero-order valence-corrected chi connectivity index (χ0v) is 11.7. The predicted molar refractivity (Wildman–Crippen MR) is 80.3 cm³/mol. The van der Waals surface area contributed by atoms with Crippen LogP contribution in [0, 0.1) is 0 Å². The van der Waals surface area contributed by atoms with Crippen molar-refractivity contribution in [2.45, 2.75) is 6.42 Å². The van der Waals surface area contributed by atoms with Crippen LogP contribution in [0.25, 0.3) is 0 Å². The van der Waals surface area contributed by atoms with E-state index in [0.29, 0.717) is 16.5 Å². The first-order valence-corrected chi connectivity index (χ1v) is 6.83. The number of amides is 1. The maximum absolute atomic E-state index is 12.0. The van der Waals surface area contributed by atoms with Gasteiger partial charge in [0.25, 0.3) is 5.91 Å². The summed E-state index contributed by atoms with van der Waals surface area (Å²) >= 11 is 11.6. The molecule has 1 amide bonds. The fourth-order valence-corrected chi connectivity index (χ4v) is 2.15. The molecule has 0 radical (unpaired) electrons. The van der Waals surface area contributed by atoms with E-state index in [1.807, 2.05) is 24.3 Å². The monoisotopic (exact) mass is 293 g/mol. The van der Waals surface area contributed by atoms with Gasteiger partial charge in [0.2, 0.25) is 0 Å². The molecule has 2 nitrogen and oxygen atoms in total. The second-order valence-electron chi connectivity index (χ2n) is 4.07. The molecule has 2 aromatic rings. The molecule has 0 aliphatic rings. The Kier molecular flexibility index (Phi) is 4.83. The largest absolute Gasteiger partial charge is 0.322 e. The van der Waals surface area contributed by atoms with Crippen LogP contribution in [0.3, 0.4) is 0 Å². The lowest BCUT2D eigenvalue weighted by molar-refractivity contribution is 0.102. The molecule has 0 atom stereocenters. The van der Waals surface area contributed by atoms with Crippen molar-refractivity contribution in [3.8, 4) is 0 Å². The van der Waals surface area contributed by atoms with Crippen molar-refractivity contribution in [2.75, 3.05) is 11.2 Å². The van der Waals surface area contributed by atoms with Gasteiger partial charge in [-0.2, -0.15) is 0 Å². The van der Waals surface area contributed by atoms with E-state index in [4.69, 9.17) is 23.2 Å². The molecule has 2 aromatic carbocycles. The number of carbonyl (C=O) groups excluding carboxylic acids is 1. The van der Waals surface area contributed by atoms with Gasteiger partial charge in [-0.05, 0) is 36.2 Å². The number of hydrogen-bond acceptors (Lipinski definition) is 1. The van der Waals surface area contributed by atoms with Crippen LogP contribution in [-0.4, -0.2) is 11.8 Å². The summed E-state index contributed by atoms with van der Waals surface area (Å²) in [5.41, 5.74) is 2.35. The van der Waals surface area contributed by atoms with E-state index in [-0.39, 0.29) is 5.91 Å². The number of rotatable bonds is 4. The molecule has 4 heteroatoms. The lowest BCUT2D eigenvalue weighted by atomic mass is 10.1. The van der Waals surface area contributed by atoms with Crippen molar-refractivity contribution >= 4 is 34.8 Å². The molecule has 0 saturated carbocycles. The van der Waals surface area contributed by atoms with E-state index in [1.54, 1.807) is 24.3 Å². The van der Waals surface area contributed by atoms with Gasteiger partial charge in [0.1, 0.15) is 0 Å². The smallest absolute Gasteiger partial charge is 0.257 e. The molecule has 0 aliphatic carbocycles. The Hall–Kier alpha value is -1.51. The summed E-state index contributed by atoms with van der Waals surface area (Å²) in [5.74, 6) is 0.376. The zero-order chi connectivity index (χ0) is 13.7. The van der Waals surface area contributed by atoms with Gasteiger partial charge < -0.3 is 5.32 Å². The molecule has 0 aromatic heterocycles. The average Bonchev–Trinajstić information content (AvgIpc) is 2.42. The molecule has 1 N–H and O–H groups in total. The molecular formula is C15H13Cl2NO. The normalized spacial score (nSPS) is 10.2. The third-order valence-corrected chi connectivity index (χ3v) is 3.23. The molecule has 98 valence electrons. The first kappa shape index (κ1) is 13.9. The van der Waals surface area contributed by atoms with E-state index < -0.39 is 0 Å². The van der Waals surface area contributed by atoms with E-state index in [9.17, 15) is 4.79 Å². The number of carbonyl (C=O) groups is 1.